The highest BCUT2D eigenvalue weighted by Gasteiger charge is 2.30. The number of alkyl carbamates (subject to hydrolysis) is 1. The number of esters is 1. The number of aromatic amines is 1. The van der Waals surface area contributed by atoms with Crippen molar-refractivity contribution in [2.24, 2.45) is 0 Å². The third-order valence-electron chi connectivity index (χ3n) is 7.34. The summed E-state index contributed by atoms with van der Waals surface area (Å²) in [6, 6.07) is 21.8. The molecule has 1 amide bonds. The molecule has 0 spiro atoms. The number of carbonyl (C=O) groups excluding carboxylic acids is 2. The molecule has 5 rings (SSSR count). The number of carbonyl (C=O) groups is 3. The summed E-state index contributed by atoms with van der Waals surface area (Å²) in [6.07, 6.45) is 1.44. The Labute approximate surface area is 231 Å². The minimum Gasteiger partial charge on any atom is -0.480 e. The van der Waals surface area contributed by atoms with Crippen LogP contribution < -0.4 is 10.6 Å². The summed E-state index contributed by atoms with van der Waals surface area (Å²) in [4.78, 5) is 40.2. The van der Waals surface area contributed by atoms with Gasteiger partial charge in [-0.15, -0.1) is 0 Å². The van der Waals surface area contributed by atoms with Gasteiger partial charge in [-0.2, -0.15) is 0 Å². The summed E-state index contributed by atoms with van der Waals surface area (Å²) in [6.45, 7) is 0.238. The van der Waals surface area contributed by atoms with Crippen LogP contribution in [0.4, 0.5) is 4.79 Å². The predicted octanol–water partition coefficient (Wildman–Crippen LogP) is 4.22. The van der Waals surface area contributed by atoms with Gasteiger partial charge in [-0.25, -0.2) is 9.59 Å². The first-order valence-corrected chi connectivity index (χ1v) is 13.2. The van der Waals surface area contributed by atoms with E-state index < -0.39 is 30.1 Å². The molecule has 0 fully saturated rings. The Morgan fingerprint density at radius 3 is 2.25 bits per heavy atom. The number of benzene rings is 3. The zero-order valence-electron chi connectivity index (χ0n) is 22.1. The lowest BCUT2D eigenvalue weighted by atomic mass is 9.98. The maximum absolute atomic E-state index is 12.6. The molecule has 1 aliphatic rings. The summed E-state index contributed by atoms with van der Waals surface area (Å²) in [5.74, 6) is -1.78. The number of nitrogens with one attached hydrogen (secondary N) is 3. The maximum atomic E-state index is 12.6. The number of methoxy groups -OCH3 is 1. The van der Waals surface area contributed by atoms with E-state index in [9.17, 15) is 19.5 Å². The molecule has 1 aromatic heterocycles. The fraction of sp³-hybridized carbons (Fsp3) is 0.258. The lowest BCUT2D eigenvalue weighted by Gasteiger charge is -2.19. The highest BCUT2D eigenvalue weighted by atomic mass is 16.5. The molecular formula is C31H31N3O6. The summed E-state index contributed by atoms with van der Waals surface area (Å²) in [5, 5.41) is 16.3. The minimum absolute atomic E-state index is 0.0426. The van der Waals surface area contributed by atoms with Gasteiger partial charge in [-0.05, 0) is 46.8 Å². The highest BCUT2D eigenvalue weighted by molar-refractivity contribution is 5.85. The number of carboxylic acids is 1. The number of ether oxygens (including phenoxy) is 2. The van der Waals surface area contributed by atoms with Gasteiger partial charge in [0.15, 0.2) is 0 Å². The van der Waals surface area contributed by atoms with Gasteiger partial charge in [-0.1, -0.05) is 66.7 Å². The third kappa shape index (κ3) is 5.69. The van der Waals surface area contributed by atoms with Crippen molar-refractivity contribution in [2.75, 3.05) is 20.3 Å². The number of H-pyrrole nitrogens is 1. The van der Waals surface area contributed by atoms with Crippen molar-refractivity contribution in [3.8, 4) is 11.1 Å². The number of aromatic nitrogens is 1. The normalized spacial score (nSPS) is 13.7. The van der Waals surface area contributed by atoms with Gasteiger partial charge in [0.05, 0.1) is 7.11 Å². The lowest BCUT2D eigenvalue weighted by molar-refractivity contribution is -0.143. The molecule has 2 unspecified atom stereocenters. The van der Waals surface area contributed by atoms with Crippen molar-refractivity contribution >= 4 is 28.9 Å². The molecule has 3 aromatic carbocycles. The van der Waals surface area contributed by atoms with Gasteiger partial charge in [0.2, 0.25) is 0 Å². The van der Waals surface area contributed by atoms with Crippen LogP contribution in [0.5, 0.6) is 0 Å². The molecule has 4 aromatic rings. The van der Waals surface area contributed by atoms with E-state index in [1.165, 1.54) is 7.11 Å². The van der Waals surface area contributed by atoms with Crippen LogP contribution in [0.15, 0.2) is 79.0 Å². The molecular weight excluding hydrogens is 510 g/mol. The van der Waals surface area contributed by atoms with Crippen LogP contribution in [0.2, 0.25) is 0 Å². The van der Waals surface area contributed by atoms with Gasteiger partial charge in [0.25, 0.3) is 0 Å². The van der Waals surface area contributed by atoms with E-state index in [4.69, 9.17) is 9.47 Å². The Bertz CT molecular complexity index is 1480. The first-order chi connectivity index (χ1) is 19.5. The van der Waals surface area contributed by atoms with Crippen LogP contribution in [0.1, 0.15) is 29.0 Å². The second-order valence-corrected chi connectivity index (χ2v) is 9.74. The van der Waals surface area contributed by atoms with E-state index in [0.29, 0.717) is 6.42 Å². The number of aliphatic carboxylic acids is 1. The molecule has 0 saturated heterocycles. The van der Waals surface area contributed by atoms with Gasteiger partial charge >= 0.3 is 18.0 Å². The molecule has 206 valence electrons. The van der Waals surface area contributed by atoms with Crippen molar-refractivity contribution in [3.05, 3.63) is 95.7 Å². The number of rotatable bonds is 11. The third-order valence-corrected chi connectivity index (χ3v) is 7.34. The number of para-hydroxylation sites is 1. The van der Waals surface area contributed by atoms with Crippen LogP contribution in [-0.2, 0) is 25.5 Å². The van der Waals surface area contributed by atoms with Gasteiger partial charge in [0, 0.05) is 29.4 Å². The van der Waals surface area contributed by atoms with E-state index in [-0.39, 0.29) is 25.5 Å². The van der Waals surface area contributed by atoms with Gasteiger partial charge in [0.1, 0.15) is 18.7 Å². The van der Waals surface area contributed by atoms with Crippen LogP contribution >= 0.6 is 0 Å². The monoisotopic (exact) mass is 541 g/mol. The second kappa shape index (κ2) is 12.0. The Morgan fingerprint density at radius 2 is 1.57 bits per heavy atom. The summed E-state index contributed by atoms with van der Waals surface area (Å²) >= 11 is 0. The molecule has 9 heteroatoms. The first-order valence-electron chi connectivity index (χ1n) is 13.2. The van der Waals surface area contributed by atoms with E-state index in [2.05, 4.69) is 15.6 Å². The van der Waals surface area contributed by atoms with Crippen molar-refractivity contribution in [3.63, 3.8) is 0 Å². The fourth-order valence-corrected chi connectivity index (χ4v) is 5.34. The SMILES string of the molecule is COC(=O)C(Cc1c[nH]c2ccccc12)NCCC(NC(=O)OCC1c2ccccc2-c2ccccc21)C(=O)O. The number of hydrogen-bond donors (Lipinski definition) is 4. The van der Waals surface area contributed by atoms with E-state index in [0.717, 1.165) is 38.7 Å². The van der Waals surface area contributed by atoms with Crippen LogP contribution in [-0.4, -0.2) is 60.5 Å². The molecule has 0 bridgehead atoms. The number of fused-ring (bicyclic) bond motifs is 4. The summed E-state index contributed by atoms with van der Waals surface area (Å²) in [7, 11) is 1.31. The molecule has 0 aliphatic heterocycles. The summed E-state index contributed by atoms with van der Waals surface area (Å²) < 4.78 is 10.5. The molecule has 1 heterocycles. The minimum atomic E-state index is -1.20. The topological polar surface area (TPSA) is 130 Å². The summed E-state index contributed by atoms with van der Waals surface area (Å²) in [5.41, 5.74) is 6.24. The quantitative estimate of drug-likeness (QED) is 0.209. The number of carboxylic acid groups (broad SMARTS) is 1. The molecule has 0 saturated carbocycles. The predicted molar refractivity (Wildman–Crippen MR) is 150 cm³/mol. The van der Waals surface area contributed by atoms with E-state index >= 15 is 0 Å². The first kappa shape index (κ1) is 27.0. The number of hydrogen-bond acceptors (Lipinski definition) is 6. The van der Waals surface area contributed by atoms with Crippen LogP contribution in [0.25, 0.3) is 22.0 Å². The average Bonchev–Trinajstić information content (AvgIpc) is 3.53. The van der Waals surface area contributed by atoms with Gasteiger partial charge < -0.3 is 30.2 Å². The standard InChI is InChI=1S/C31H31N3O6/c1-39-30(37)28(16-19-17-33-26-13-7-6-8-20(19)26)32-15-14-27(29(35)36)34-31(38)40-18-25-23-11-4-2-9-21(23)22-10-3-5-12-24(22)25/h2-13,17,25,27-28,32-33H,14-16,18H2,1H3,(H,34,38)(H,35,36). The Hall–Kier alpha value is -4.63. The van der Waals surface area contributed by atoms with Crippen molar-refractivity contribution in [2.45, 2.75) is 30.8 Å². The molecule has 2 atom stereocenters. The molecule has 9 nitrogen and oxygen atoms in total. The molecule has 0 radical (unpaired) electrons. The second-order valence-electron chi connectivity index (χ2n) is 9.74. The Morgan fingerprint density at radius 1 is 0.925 bits per heavy atom. The maximum Gasteiger partial charge on any atom is 0.407 e. The molecule has 1 aliphatic carbocycles. The average molecular weight is 542 g/mol. The number of amides is 1. The molecule has 4 N–H and O–H groups in total. The van der Waals surface area contributed by atoms with E-state index in [1.807, 2.05) is 79.0 Å². The van der Waals surface area contributed by atoms with Crippen molar-refractivity contribution in [1.82, 2.24) is 15.6 Å². The fourth-order valence-electron chi connectivity index (χ4n) is 5.34. The zero-order chi connectivity index (χ0) is 28.1. The van der Waals surface area contributed by atoms with Crippen LogP contribution in [0, 0.1) is 0 Å². The van der Waals surface area contributed by atoms with Crippen molar-refractivity contribution < 1.29 is 29.0 Å². The zero-order valence-corrected chi connectivity index (χ0v) is 22.1. The lowest BCUT2D eigenvalue weighted by Crippen LogP contribution is -2.46. The highest BCUT2D eigenvalue weighted by Crippen LogP contribution is 2.44. The Balaban J connectivity index is 1.17. The van der Waals surface area contributed by atoms with Gasteiger partial charge in [-0.3, -0.25) is 4.79 Å². The van der Waals surface area contributed by atoms with Crippen molar-refractivity contribution in [1.29, 1.82) is 0 Å². The Kier molecular flexibility index (Phi) is 8.12. The van der Waals surface area contributed by atoms with E-state index in [1.54, 1.807) is 0 Å². The van der Waals surface area contributed by atoms with Crippen LogP contribution in [0.3, 0.4) is 0 Å². The largest absolute Gasteiger partial charge is 0.480 e. The molecule has 40 heavy (non-hydrogen) atoms. The smallest absolute Gasteiger partial charge is 0.407 e.